The Kier molecular flexibility index (Phi) is 6.59. The molecule has 1 unspecified atom stereocenters. The summed E-state index contributed by atoms with van der Waals surface area (Å²) >= 11 is 0. The minimum Gasteiger partial charge on any atom is -0.338 e. The molecule has 1 atom stereocenters. The quantitative estimate of drug-likeness (QED) is 0.916. The molecule has 0 radical (unpaired) electrons. The number of nitrogens with zero attached hydrogens (tertiary/aromatic N) is 3. The molecule has 0 aliphatic carbocycles. The van der Waals surface area contributed by atoms with Crippen molar-refractivity contribution in [1.29, 1.82) is 0 Å². The zero-order valence-electron chi connectivity index (χ0n) is 13.2. The Morgan fingerprint density at radius 1 is 1.36 bits per heavy atom. The molecule has 0 bridgehead atoms. The number of hydrogen-bond donors (Lipinski definition) is 1. The summed E-state index contributed by atoms with van der Waals surface area (Å²) in [7, 11) is 1.77. The van der Waals surface area contributed by atoms with Crippen molar-refractivity contribution < 1.29 is 4.79 Å². The maximum atomic E-state index is 12.4. The van der Waals surface area contributed by atoms with Crippen molar-refractivity contribution in [2.24, 2.45) is 5.73 Å². The van der Waals surface area contributed by atoms with Crippen molar-refractivity contribution in [2.45, 2.75) is 26.4 Å². The van der Waals surface area contributed by atoms with Gasteiger partial charge >= 0.3 is 0 Å². The molecule has 1 heterocycles. The SMILES string of the molecule is Cc1c(C(=O)N(C)C(C)CN)cnn1Cc1ccccc1.Cl. The van der Waals surface area contributed by atoms with Crippen LogP contribution < -0.4 is 5.73 Å². The number of benzene rings is 1. The van der Waals surface area contributed by atoms with Gasteiger partial charge in [-0.2, -0.15) is 5.10 Å². The molecule has 0 saturated heterocycles. The van der Waals surface area contributed by atoms with Crippen LogP contribution in [0.25, 0.3) is 0 Å². The third-order valence-corrected chi connectivity index (χ3v) is 3.83. The summed E-state index contributed by atoms with van der Waals surface area (Å²) in [5, 5.41) is 4.34. The van der Waals surface area contributed by atoms with Gasteiger partial charge in [-0.3, -0.25) is 9.48 Å². The molecule has 2 aromatic rings. The second-order valence-electron chi connectivity index (χ2n) is 5.29. The number of carbonyl (C=O) groups excluding carboxylic acids is 1. The first-order valence-corrected chi connectivity index (χ1v) is 7.08. The van der Waals surface area contributed by atoms with Crippen LogP contribution in [0.5, 0.6) is 0 Å². The first kappa shape index (κ1) is 18.2. The Bertz CT molecular complexity index is 612. The fourth-order valence-electron chi connectivity index (χ4n) is 2.12. The molecule has 0 aliphatic rings. The van der Waals surface area contributed by atoms with E-state index in [4.69, 9.17) is 5.73 Å². The molecule has 1 amide bonds. The van der Waals surface area contributed by atoms with Gasteiger partial charge in [0.15, 0.2) is 0 Å². The molecule has 0 spiro atoms. The smallest absolute Gasteiger partial charge is 0.257 e. The van der Waals surface area contributed by atoms with E-state index in [1.165, 1.54) is 0 Å². The van der Waals surface area contributed by atoms with Gasteiger partial charge in [0.1, 0.15) is 0 Å². The lowest BCUT2D eigenvalue weighted by Gasteiger charge is -2.23. The number of hydrogen-bond acceptors (Lipinski definition) is 3. The van der Waals surface area contributed by atoms with E-state index >= 15 is 0 Å². The predicted molar refractivity (Wildman–Crippen MR) is 90.4 cm³/mol. The Morgan fingerprint density at radius 3 is 2.59 bits per heavy atom. The van der Waals surface area contributed by atoms with Crippen molar-refractivity contribution >= 4 is 18.3 Å². The maximum absolute atomic E-state index is 12.4. The minimum atomic E-state index is -0.0373. The van der Waals surface area contributed by atoms with Gasteiger partial charge in [-0.1, -0.05) is 30.3 Å². The zero-order valence-corrected chi connectivity index (χ0v) is 14.0. The second kappa shape index (κ2) is 7.96. The highest BCUT2D eigenvalue weighted by Gasteiger charge is 2.20. The Morgan fingerprint density at radius 2 is 2.00 bits per heavy atom. The highest BCUT2D eigenvalue weighted by atomic mass is 35.5. The van der Waals surface area contributed by atoms with Gasteiger partial charge < -0.3 is 10.6 Å². The normalized spacial score (nSPS) is 11.6. The summed E-state index contributed by atoms with van der Waals surface area (Å²) < 4.78 is 1.85. The third-order valence-electron chi connectivity index (χ3n) is 3.83. The molecule has 120 valence electrons. The highest BCUT2D eigenvalue weighted by molar-refractivity contribution is 5.95. The Balaban J connectivity index is 0.00000242. The van der Waals surface area contributed by atoms with Gasteiger partial charge in [0.05, 0.1) is 18.3 Å². The standard InChI is InChI=1S/C16H22N4O.ClH/c1-12(9-17)19(3)16(21)15-10-18-20(13(15)2)11-14-7-5-4-6-8-14;/h4-8,10,12H,9,11,17H2,1-3H3;1H. The number of amides is 1. The minimum absolute atomic E-state index is 0. The average molecular weight is 323 g/mol. The topological polar surface area (TPSA) is 64.2 Å². The largest absolute Gasteiger partial charge is 0.338 e. The van der Waals surface area contributed by atoms with Crippen LogP contribution in [-0.2, 0) is 6.54 Å². The fourth-order valence-corrected chi connectivity index (χ4v) is 2.12. The molecule has 5 nitrogen and oxygen atoms in total. The first-order valence-electron chi connectivity index (χ1n) is 7.08. The number of halogens is 1. The Hall–Kier alpha value is -1.85. The summed E-state index contributed by atoms with van der Waals surface area (Å²) in [4.78, 5) is 14.1. The summed E-state index contributed by atoms with van der Waals surface area (Å²) in [5.74, 6) is -0.0373. The van der Waals surface area contributed by atoms with Gasteiger partial charge in [0, 0.05) is 25.3 Å². The van der Waals surface area contributed by atoms with E-state index in [1.807, 2.05) is 48.9 Å². The Labute approximate surface area is 137 Å². The number of rotatable bonds is 5. The van der Waals surface area contributed by atoms with Crippen molar-refractivity contribution in [3.8, 4) is 0 Å². The van der Waals surface area contributed by atoms with Gasteiger partial charge in [0.25, 0.3) is 5.91 Å². The van der Waals surface area contributed by atoms with Crippen LogP contribution >= 0.6 is 12.4 Å². The van der Waals surface area contributed by atoms with Gasteiger partial charge in [-0.15, -0.1) is 12.4 Å². The molecule has 6 heteroatoms. The van der Waals surface area contributed by atoms with Crippen LogP contribution in [0.15, 0.2) is 36.5 Å². The van der Waals surface area contributed by atoms with Crippen LogP contribution in [0.1, 0.15) is 28.5 Å². The lowest BCUT2D eigenvalue weighted by molar-refractivity contribution is 0.0747. The van der Waals surface area contributed by atoms with Crippen LogP contribution in [0.4, 0.5) is 0 Å². The van der Waals surface area contributed by atoms with Gasteiger partial charge in [0.2, 0.25) is 0 Å². The average Bonchev–Trinajstić information content (AvgIpc) is 2.87. The van der Waals surface area contributed by atoms with Gasteiger partial charge in [-0.25, -0.2) is 0 Å². The van der Waals surface area contributed by atoms with E-state index in [1.54, 1.807) is 18.1 Å². The predicted octanol–water partition coefficient (Wildman–Crippen LogP) is 2.08. The molecule has 1 aromatic carbocycles. The van der Waals surface area contributed by atoms with E-state index in [-0.39, 0.29) is 24.4 Å². The number of likely N-dealkylation sites (N-methyl/N-ethyl adjacent to an activating group) is 1. The number of nitrogens with two attached hydrogens (primary N) is 1. The monoisotopic (exact) mass is 322 g/mol. The second-order valence-corrected chi connectivity index (χ2v) is 5.29. The molecule has 1 aromatic heterocycles. The summed E-state index contributed by atoms with van der Waals surface area (Å²) in [5.41, 5.74) is 8.29. The molecule has 22 heavy (non-hydrogen) atoms. The molecule has 0 saturated carbocycles. The molecule has 2 rings (SSSR count). The molecule has 0 fully saturated rings. The summed E-state index contributed by atoms with van der Waals surface area (Å²) in [6.07, 6.45) is 1.64. The molecule has 2 N–H and O–H groups in total. The van der Waals surface area contributed by atoms with Crippen molar-refractivity contribution in [3.63, 3.8) is 0 Å². The van der Waals surface area contributed by atoms with Crippen LogP contribution in [0, 0.1) is 6.92 Å². The molecule has 0 aliphatic heterocycles. The van der Waals surface area contributed by atoms with E-state index in [0.717, 1.165) is 11.3 Å². The number of aromatic nitrogens is 2. The van der Waals surface area contributed by atoms with Gasteiger partial charge in [-0.05, 0) is 19.4 Å². The third kappa shape index (κ3) is 3.87. The van der Waals surface area contributed by atoms with Crippen molar-refractivity contribution in [3.05, 3.63) is 53.3 Å². The van der Waals surface area contributed by atoms with Crippen molar-refractivity contribution in [2.75, 3.05) is 13.6 Å². The van der Waals surface area contributed by atoms with E-state index < -0.39 is 0 Å². The zero-order chi connectivity index (χ0) is 15.4. The summed E-state index contributed by atoms with van der Waals surface area (Å²) in [6, 6.07) is 10.1. The maximum Gasteiger partial charge on any atom is 0.257 e. The lowest BCUT2D eigenvalue weighted by Crippen LogP contribution is -2.39. The van der Waals surface area contributed by atoms with Crippen LogP contribution in [-0.4, -0.2) is 40.2 Å². The van der Waals surface area contributed by atoms with E-state index in [2.05, 4.69) is 5.10 Å². The highest BCUT2D eigenvalue weighted by Crippen LogP contribution is 2.13. The van der Waals surface area contributed by atoms with Crippen LogP contribution in [0.2, 0.25) is 0 Å². The summed E-state index contributed by atoms with van der Waals surface area (Å²) in [6.45, 7) is 4.96. The molecular formula is C16H23ClN4O. The molecular weight excluding hydrogens is 300 g/mol. The first-order chi connectivity index (χ1) is 10.0. The lowest BCUT2D eigenvalue weighted by atomic mass is 10.2. The number of carbonyl (C=O) groups is 1. The van der Waals surface area contributed by atoms with E-state index in [9.17, 15) is 4.79 Å². The van der Waals surface area contributed by atoms with E-state index in [0.29, 0.717) is 18.7 Å². The van der Waals surface area contributed by atoms with Crippen LogP contribution in [0.3, 0.4) is 0 Å². The fraction of sp³-hybridized carbons (Fsp3) is 0.375. The van der Waals surface area contributed by atoms with Crippen molar-refractivity contribution in [1.82, 2.24) is 14.7 Å².